The minimum atomic E-state index is 0.245. The number of aromatic nitrogens is 1. The number of alkyl halides is 1. The van der Waals surface area contributed by atoms with Crippen LogP contribution < -0.4 is 9.47 Å². The van der Waals surface area contributed by atoms with E-state index in [1.165, 1.54) is 0 Å². The number of hydrogen-bond acceptors (Lipinski definition) is 3. The van der Waals surface area contributed by atoms with E-state index in [2.05, 4.69) is 4.98 Å². The third-order valence-electron chi connectivity index (χ3n) is 2.36. The molecule has 1 heterocycles. The van der Waals surface area contributed by atoms with Gasteiger partial charge in [-0.15, -0.1) is 11.6 Å². The second kappa shape index (κ2) is 6.64. The Bertz CT molecular complexity index is 561. The Morgan fingerprint density at radius 2 is 1.95 bits per heavy atom. The Balaban J connectivity index is 2.18. The molecule has 0 aliphatic rings. The number of pyridine rings is 1. The smallest absolute Gasteiger partial charge is 0.219 e. The molecule has 19 heavy (non-hydrogen) atoms. The zero-order valence-corrected chi connectivity index (χ0v) is 11.9. The summed E-state index contributed by atoms with van der Waals surface area (Å²) in [5.74, 6) is 2.11. The van der Waals surface area contributed by atoms with Crippen molar-refractivity contribution in [1.29, 1.82) is 0 Å². The van der Waals surface area contributed by atoms with Gasteiger partial charge < -0.3 is 9.47 Å². The van der Waals surface area contributed by atoms with Gasteiger partial charge in [0.25, 0.3) is 0 Å². The molecule has 5 heteroatoms. The van der Waals surface area contributed by atoms with Gasteiger partial charge in [0, 0.05) is 12.1 Å². The van der Waals surface area contributed by atoms with E-state index >= 15 is 0 Å². The van der Waals surface area contributed by atoms with Crippen LogP contribution in [0, 0.1) is 0 Å². The minimum absolute atomic E-state index is 0.245. The van der Waals surface area contributed by atoms with Gasteiger partial charge in [-0.1, -0.05) is 17.7 Å². The van der Waals surface area contributed by atoms with Crippen molar-refractivity contribution < 1.29 is 9.47 Å². The van der Waals surface area contributed by atoms with Crippen LogP contribution in [-0.4, -0.2) is 11.6 Å². The Kier molecular flexibility index (Phi) is 4.88. The molecule has 1 aromatic heterocycles. The molecule has 0 aliphatic carbocycles. The number of halogens is 2. The predicted molar refractivity (Wildman–Crippen MR) is 76.5 cm³/mol. The molecule has 0 unspecified atom stereocenters. The van der Waals surface area contributed by atoms with E-state index in [0.717, 1.165) is 5.75 Å². The van der Waals surface area contributed by atoms with E-state index in [1.807, 2.05) is 25.1 Å². The van der Waals surface area contributed by atoms with E-state index < -0.39 is 0 Å². The van der Waals surface area contributed by atoms with Crippen LogP contribution in [0.1, 0.15) is 12.6 Å². The summed E-state index contributed by atoms with van der Waals surface area (Å²) in [5.41, 5.74) is 0.599. The number of rotatable bonds is 5. The average Bonchev–Trinajstić information content (AvgIpc) is 2.42. The highest BCUT2D eigenvalue weighted by Crippen LogP contribution is 2.26. The molecule has 2 rings (SSSR count). The van der Waals surface area contributed by atoms with Gasteiger partial charge in [0.15, 0.2) is 0 Å². The summed E-state index contributed by atoms with van der Waals surface area (Å²) < 4.78 is 11.1. The highest BCUT2D eigenvalue weighted by atomic mass is 35.5. The maximum atomic E-state index is 5.94. The molecule has 0 atom stereocenters. The molecule has 0 amide bonds. The molecule has 0 aliphatic heterocycles. The molecular formula is C14H13Cl2NO2. The fourth-order valence-corrected chi connectivity index (χ4v) is 1.97. The monoisotopic (exact) mass is 297 g/mol. The highest BCUT2D eigenvalue weighted by Gasteiger charge is 2.05. The fraction of sp³-hybridized carbons (Fsp3) is 0.214. The van der Waals surface area contributed by atoms with Crippen LogP contribution in [0.2, 0.25) is 5.02 Å². The zero-order valence-electron chi connectivity index (χ0n) is 10.4. The number of nitrogens with zero attached hydrogens (tertiary/aromatic N) is 1. The first-order valence-electron chi connectivity index (χ1n) is 5.85. The quantitative estimate of drug-likeness (QED) is 0.752. The van der Waals surface area contributed by atoms with Gasteiger partial charge in [-0.3, -0.25) is 0 Å². The van der Waals surface area contributed by atoms with Crippen molar-refractivity contribution in [2.24, 2.45) is 0 Å². The maximum Gasteiger partial charge on any atom is 0.219 e. The second-order valence-electron chi connectivity index (χ2n) is 3.72. The standard InChI is InChI=1S/C14H13Cl2NO2/c1-2-18-10-4-3-5-11(8-10)19-14-7-6-12(16)13(9-15)17-14/h3-8H,2,9H2,1H3. The lowest BCUT2D eigenvalue weighted by Gasteiger charge is -2.08. The van der Waals surface area contributed by atoms with Crippen molar-refractivity contribution in [2.45, 2.75) is 12.8 Å². The predicted octanol–water partition coefficient (Wildman–Crippen LogP) is 4.66. The first kappa shape index (κ1) is 14.0. The molecule has 0 spiro atoms. The van der Waals surface area contributed by atoms with Crippen LogP contribution >= 0.6 is 23.2 Å². The summed E-state index contributed by atoms with van der Waals surface area (Å²) >= 11 is 11.7. The molecule has 0 bridgehead atoms. The lowest BCUT2D eigenvalue weighted by Crippen LogP contribution is -1.94. The van der Waals surface area contributed by atoms with Gasteiger partial charge in [-0.2, -0.15) is 0 Å². The molecule has 0 N–H and O–H groups in total. The number of hydrogen-bond donors (Lipinski definition) is 0. The van der Waals surface area contributed by atoms with Crippen molar-refractivity contribution in [1.82, 2.24) is 4.98 Å². The Morgan fingerprint density at radius 3 is 2.68 bits per heavy atom. The topological polar surface area (TPSA) is 31.4 Å². The Labute approximate surface area is 122 Å². The number of benzene rings is 1. The lowest BCUT2D eigenvalue weighted by molar-refractivity contribution is 0.338. The fourth-order valence-electron chi connectivity index (χ4n) is 1.53. The highest BCUT2D eigenvalue weighted by molar-refractivity contribution is 6.32. The van der Waals surface area contributed by atoms with E-state index in [1.54, 1.807) is 18.2 Å². The molecule has 2 aromatic rings. The van der Waals surface area contributed by atoms with Gasteiger partial charge >= 0.3 is 0 Å². The molecule has 0 saturated carbocycles. The van der Waals surface area contributed by atoms with Gasteiger partial charge in [-0.25, -0.2) is 4.98 Å². The average molecular weight is 298 g/mol. The Morgan fingerprint density at radius 1 is 1.16 bits per heavy atom. The number of ether oxygens (including phenoxy) is 2. The molecular weight excluding hydrogens is 285 g/mol. The van der Waals surface area contributed by atoms with E-state index in [0.29, 0.717) is 29.0 Å². The summed E-state index contributed by atoms with van der Waals surface area (Å²) in [7, 11) is 0. The van der Waals surface area contributed by atoms with Crippen LogP contribution in [0.4, 0.5) is 0 Å². The maximum absolute atomic E-state index is 5.94. The molecule has 3 nitrogen and oxygen atoms in total. The van der Waals surface area contributed by atoms with Crippen molar-refractivity contribution in [3.63, 3.8) is 0 Å². The van der Waals surface area contributed by atoms with E-state index in [-0.39, 0.29) is 5.88 Å². The first-order valence-corrected chi connectivity index (χ1v) is 6.76. The van der Waals surface area contributed by atoms with Crippen molar-refractivity contribution in [3.8, 4) is 17.4 Å². The van der Waals surface area contributed by atoms with Crippen LogP contribution in [0.25, 0.3) is 0 Å². The summed E-state index contributed by atoms with van der Waals surface area (Å²) in [6.45, 7) is 2.54. The third-order valence-corrected chi connectivity index (χ3v) is 2.96. The van der Waals surface area contributed by atoms with Gasteiger partial charge in [0.05, 0.1) is 23.2 Å². The normalized spacial score (nSPS) is 10.3. The van der Waals surface area contributed by atoms with Crippen molar-refractivity contribution >= 4 is 23.2 Å². The van der Waals surface area contributed by atoms with Gasteiger partial charge in [0.2, 0.25) is 5.88 Å². The SMILES string of the molecule is CCOc1cccc(Oc2ccc(Cl)c(CCl)n2)c1. The third kappa shape index (κ3) is 3.75. The molecule has 1 aromatic carbocycles. The summed E-state index contributed by atoms with van der Waals surface area (Å²) in [5, 5.41) is 0.533. The lowest BCUT2D eigenvalue weighted by atomic mass is 10.3. The summed E-state index contributed by atoms with van der Waals surface area (Å²) in [4.78, 5) is 4.23. The van der Waals surface area contributed by atoms with Gasteiger partial charge in [-0.05, 0) is 25.1 Å². The largest absolute Gasteiger partial charge is 0.494 e. The van der Waals surface area contributed by atoms with E-state index in [4.69, 9.17) is 32.7 Å². The first-order chi connectivity index (χ1) is 9.22. The van der Waals surface area contributed by atoms with Gasteiger partial charge in [0.1, 0.15) is 11.5 Å². The van der Waals surface area contributed by atoms with Crippen LogP contribution in [0.15, 0.2) is 36.4 Å². The van der Waals surface area contributed by atoms with Crippen LogP contribution in [0.5, 0.6) is 17.4 Å². The van der Waals surface area contributed by atoms with Crippen molar-refractivity contribution in [3.05, 3.63) is 47.1 Å². The summed E-state index contributed by atoms with van der Waals surface area (Å²) in [6, 6.07) is 10.8. The molecule has 0 fully saturated rings. The van der Waals surface area contributed by atoms with Crippen LogP contribution in [0.3, 0.4) is 0 Å². The van der Waals surface area contributed by atoms with Crippen LogP contribution in [-0.2, 0) is 5.88 Å². The second-order valence-corrected chi connectivity index (χ2v) is 4.40. The van der Waals surface area contributed by atoms with E-state index in [9.17, 15) is 0 Å². The molecule has 100 valence electrons. The zero-order chi connectivity index (χ0) is 13.7. The minimum Gasteiger partial charge on any atom is -0.494 e. The molecule has 0 saturated heterocycles. The van der Waals surface area contributed by atoms with Crippen molar-refractivity contribution in [2.75, 3.05) is 6.61 Å². The summed E-state index contributed by atoms with van der Waals surface area (Å²) in [6.07, 6.45) is 0. The Hall–Kier alpha value is -1.45. The molecule has 0 radical (unpaired) electrons.